The van der Waals surface area contributed by atoms with E-state index in [2.05, 4.69) is 80.4 Å². The van der Waals surface area contributed by atoms with Gasteiger partial charge in [0.05, 0.1) is 6.04 Å². The van der Waals surface area contributed by atoms with Crippen LogP contribution in [0.5, 0.6) is 0 Å². The summed E-state index contributed by atoms with van der Waals surface area (Å²) in [4.78, 5) is 2.37. The van der Waals surface area contributed by atoms with Crippen LogP contribution in [0.1, 0.15) is 37.1 Å². The highest BCUT2D eigenvalue weighted by Gasteiger charge is 2.25. The van der Waals surface area contributed by atoms with Crippen LogP contribution in [-0.4, -0.2) is 18.5 Å². The number of benzene rings is 2. The summed E-state index contributed by atoms with van der Waals surface area (Å²) in [6.07, 6.45) is 0. The van der Waals surface area contributed by atoms with Crippen molar-refractivity contribution in [2.45, 2.75) is 25.9 Å². The Morgan fingerprint density at radius 3 is 1.81 bits per heavy atom. The molecule has 0 spiro atoms. The Morgan fingerprint density at radius 2 is 1.33 bits per heavy atom. The normalized spacial score (nSPS) is 14.4. The average molecular weight is 282 g/mol. The summed E-state index contributed by atoms with van der Waals surface area (Å²) in [6, 6.07) is 21.1. The molecule has 0 fully saturated rings. The zero-order valence-corrected chi connectivity index (χ0v) is 13.2. The minimum atomic E-state index is -0.0302. The van der Waals surface area contributed by atoms with Crippen molar-refractivity contribution in [3.8, 4) is 0 Å². The van der Waals surface area contributed by atoms with Gasteiger partial charge < -0.3 is 5.73 Å². The molecule has 0 bridgehead atoms. The predicted molar refractivity (Wildman–Crippen MR) is 90.0 cm³/mol. The van der Waals surface area contributed by atoms with Crippen LogP contribution >= 0.6 is 0 Å². The molecule has 2 unspecified atom stereocenters. The van der Waals surface area contributed by atoms with Crippen LogP contribution in [0.15, 0.2) is 60.7 Å². The SMILES string of the molecule is CC(C)CN(C)C(c1ccccc1)C(N)c1ccccc1. The molecule has 0 amide bonds. The van der Waals surface area contributed by atoms with Gasteiger partial charge in [0, 0.05) is 12.6 Å². The van der Waals surface area contributed by atoms with Crippen LogP contribution in [0.3, 0.4) is 0 Å². The fourth-order valence-electron chi connectivity index (χ4n) is 2.93. The van der Waals surface area contributed by atoms with Crippen molar-refractivity contribution in [2.75, 3.05) is 13.6 Å². The van der Waals surface area contributed by atoms with Crippen LogP contribution in [0.4, 0.5) is 0 Å². The minimum absolute atomic E-state index is 0.0302. The lowest BCUT2D eigenvalue weighted by Crippen LogP contribution is -2.35. The molecule has 0 radical (unpaired) electrons. The van der Waals surface area contributed by atoms with Gasteiger partial charge in [-0.2, -0.15) is 0 Å². The van der Waals surface area contributed by atoms with Gasteiger partial charge in [-0.25, -0.2) is 0 Å². The Morgan fingerprint density at radius 1 is 0.857 bits per heavy atom. The second-order valence-electron chi connectivity index (χ2n) is 6.13. The zero-order valence-electron chi connectivity index (χ0n) is 13.2. The molecule has 0 saturated heterocycles. The summed E-state index contributed by atoms with van der Waals surface area (Å²) >= 11 is 0. The van der Waals surface area contributed by atoms with Crippen molar-refractivity contribution in [1.29, 1.82) is 0 Å². The van der Waals surface area contributed by atoms with Crippen LogP contribution in [0, 0.1) is 5.92 Å². The molecule has 112 valence electrons. The van der Waals surface area contributed by atoms with E-state index in [1.54, 1.807) is 0 Å². The van der Waals surface area contributed by atoms with Crippen LogP contribution in [0.2, 0.25) is 0 Å². The molecule has 2 heteroatoms. The third-order valence-electron chi connectivity index (χ3n) is 3.79. The molecule has 2 rings (SSSR count). The first-order valence-electron chi connectivity index (χ1n) is 7.65. The molecule has 0 aromatic heterocycles. The standard InChI is InChI=1S/C19H26N2/c1-15(2)14-21(3)19(17-12-8-5-9-13-17)18(20)16-10-6-4-7-11-16/h4-13,15,18-19H,14,20H2,1-3H3. The maximum Gasteiger partial charge on any atom is 0.0538 e. The zero-order chi connectivity index (χ0) is 15.2. The number of hydrogen-bond donors (Lipinski definition) is 1. The largest absolute Gasteiger partial charge is 0.322 e. The van der Waals surface area contributed by atoms with Gasteiger partial charge >= 0.3 is 0 Å². The third kappa shape index (κ3) is 4.16. The molecule has 2 aromatic rings. The van der Waals surface area contributed by atoms with Gasteiger partial charge in [0.15, 0.2) is 0 Å². The molecule has 0 aliphatic carbocycles. The fourth-order valence-corrected chi connectivity index (χ4v) is 2.93. The first-order valence-corrected chi connectivity index (χ1v) is 7.65. The molecule has 21 heavy (non-hydrogen) atoms. The maximum absolute atomic E-state index is 6.61. The van der Waals surface area contributed by atoms with Gasteiger partial charge in [0.2, 0.25) is 0 Å². The highest BCUT2D eigenvalue weighted by atomic mass is 15.1. The number of nitrogens with two attached hydrogens (primary N) is 1. The fraction of sp³-hybridized carbons (Fsp3) is 0.368. The first kappa shape index (κ1) is 15.7. The summed E-state index contributed by atoms with van der Waals surface area (Å²) in [7, 11) is 2.17. The van der Waals surface area contributed by atoms with Crippen molar-refractivity contribution in [3.63, 3.8) is 0 Å². The molecule has 2 nitrogen and oxygen atoms in total. The van der Waals surface area contributed by atoms with Gasteiger partial charge in [-0.1, -0.05) is 74.5 Å². The lowest BCUT2D eigenvalue weighted by Gasteiger charge is -2.34. The van der Waals surface area contributed by atoms with Gasteiger partial charge in [0.1, 0.15) is 0 Å². The lowest BCUT2D eigenvalue weighted by molar-refractivity contribution is 0.192. The summed E-state index contributed by atoms with van der Waals surface area (Å²) in [5.74, 6) is 0.615. The van der Waals surface area contributed by atoms with Crippen molar-refractivity contribution < 1.29 is 0 Å². The topological polar surface area (TPSA) is 29.3 Å². The van der Waals surface area contributed by atoms with E-state index in [0.717, 1.165) is 6.54 Å². The molecule has 2 aromatic carbocycles. The molecule has 2 N–H and O–H groups in total. The molecular formula is C19H26N2. The number of rotatable bonds is 6. The lowest BCUT2D eigenvalue weighted by atomic mass is 9.92. The Kier molecular flexibility index (Phi) is 5.54. The maximum atomic E-state index is 6.61. The highest BCUT2D eigenvalue weighted by Crippen LogP contribution is 2.31. The van der Waals surface area contributed by atoms with E-state index in [1.165, 1.54) is 11.1 Å². The summed E-state index contributed by atoms with van der Waals surface area (Å²) in [6.45, 7) is 5.51. The van der Waals surface area contributed by atoms with E-state index in [1.807, 2.05) is 6.07 Å². The summed E-state index contributed by atoms with van der Waals surface area (Å²) < 4.78 is 0. The Bertz CT molecular complexity index is 522. The highest BCUT2D eigenvalue weighted by molar-refractivity contribution is 5.27. The Balaban J connectivity index is 2.32. The Hall–Kier alpha value is -1.64. The second-order valence-corrected chi connectivity index (χ2v) is 6.13. The van der Waals surface area contributed by atoms with E-state index in [9.17, 15) is 0 Å². The van der Waals surface area contributed by atoms with Crippen LogP contribution in [-0.2, 0) is 0 Å². The molecule has 0 heterocycles. The quantitative estimate of drug-likeness (QED) is 0.867. The van der Waals surface area contributed by atoms with Crippen molar-refractivity contribution in [1.82, 2.24) is 4.90 Å². The number of nitrogens with zero attached hydrogens (tertiary/aromatic N) is 1. The molecule has 0 saturated carbocycles. The van der Waals surface area contributed by atoms with E-state index < -0.39 is 0 Å². The van der Waals surface area contributed by atoms with Crippen LogP contribution < -0.4 is 5.73 Å². The van der Waals surface area contributed by atoms with E-state index in [4.69, 9.17) is 5.73 Å². The Labute approximate surface area is 128 Å². The van der Waals surface area contributed by atoms with Gasteiger partial charge in [-0.15, -0.1) is 0 Å². The first-order chi connectivity index (χ1) is 10.1. The van der Waals surface area contributed by atoms with E-state index >= 15 is 0 Å². The van der Waals surface area contributed by atoms with Crippen molar-refractivity contribution in [2.24, 2.45) is 11.7 Å². The van der Waals surface area contributed by atoms with Crippen LogP contribution in [0.25, 0.3) is 0 Å². The number of hydrogen-bond acceptors (Lipinski definition) is 2. The van der Waals surface area contributed by atoms with E-state index in [-0.39, 0.29) is 12.1 Å². The number of likely N-dealkylation sites (N-methyl/N-ethyl adjacent to an activating group) is 1. The molecule has 0 aliphatic heterocycles. The van der Waals surface area contributed by atoms with Crippen molar-refractivity contribution >= 4 is 0 Å². The molecular weight excluding hydrogens is 256 g/mol. The summed E-state index contributed by atoms with van der Waals surface area (Å²) in [5, 5.41) is 0. The molecule has 2 atom stereocenters. The van der Waals surface area contributed by atoms with Crippen molar-refractivity contribution in [3.05, 3.63) is 71.8 Å². The van der Waals surface area contributed by atoms with E-state index in [0.29, 0.717) is 5.92 Å². The monoisotopic (exact) mass is 282 g/mol. The smallest absolute Gasteiger partial charge is 0.0538 e. The third-order valence-corrected chi connectivity index (χ3v) is 3.79. The van der Waals surface area contributed by atoms with Gasteiger partial charge in [-0.3, -0.25) is 4.90 Å². The second kappa shape index (κ2) is 7.39. The average Bonchev–Trinajstić information content (AvgIpc) is 2.48. The van der Waals surface area contributed by atoms with Gasteiger partial charge in [0.25, 0.3) is 0 Å². The molecule has 0 aliphatic rings. The predicted octanol–water partition coefficient (Wildman–Crippen LogP) is 4.02. The summed E-state index contributed by atoms with van der Waals surface area (Å²) in [5.41, 5.74) is 9.06. The minimum Gasteiger partial charge on any atom is -0.322 e. The van der Waals surface area contributed by atoms with Gasteiger partial charge in [-0.05, 0) is 24.1 Å².